The molecule has 2 amide bonds. The van der Waals surface area contributed by atoms with Gasteiger partial charge in [0.15, 0.2) is 0 Å². The van der Waals surface area contributed by atoms with Crippen molar-refractivity contribution in [1.82, 2.24) is 21.0 Å². The number of carbonyl (C=O) groups is 2. The van der Waals surface area contributed by atoms with Crippen molar-refractivity contribution in [3.05, 3.63) is 140 Å². The predicted octanol–water partition coefficient (Wildman–Crippen LogP) is 8.40. The number of rotatable bonds is 10. The summed E-state index contributed by atoms with van der Waals surface area (Å²) in [6, 6.07) is 22.7. The van der Waals surface area contributed by atoms with Crippen LogP contribution in [0.3, 0.4) is 0 Å². The minimum atomic E-state index is -1.06. The summed E-state index contributed by atoms with van der Waals surface area (Å²) in [6.45, 7) is 22.8. The first-order valence-electron chi connectivity index (χ1n) is 18.2. The molecule has 302 valence electrons. The molecule has 0 saturated carbocycles. The molecule has 14 nitrogen and oxygen atoms in total. The molecule has 0 bridgehead atoms. The van der Waals surface area contributed by atoms with Gasteiger partial charge in [-0.3, -0.25) is 20.4 Å². The van der Waals surface area contributed by atoms with Crippen LogP contribution in [0.1, 0.15) is 60.1 Å². The minimum absolute atomic E-state index is 0.267. The number of halogens is 2. The number of aromatic nitrogens is 2. The van der Waals surface area contributed by atoms with Crippen molar-refractivity contribution >= 4 is 57.8 Å². The highest BCUT2D eigenvalue weighted by Gasteiger charge is 2.27. The van der Waals surface area contributed by atoms with Crippen molar-refractivity contribution in [2.24, 2.45) is 0 Å². The van der Waals surface area contributed by atoms with Gasteiger partial charge in [0, 0.05) is 35.7 Å². The molecule has 6 rings (SSSR count). The van der Waals surface area contributed by atoms with Gasteiger partial charge < -0.3 is 30.0 Å². The summed E-state index contributed by atoms with van der Waals surface area (Å²) >= 11 is 12.4. The van der Waals surface area contributed by atoms with E-state index in [0.717, 1.165) is 18.8 Å². The molecule has 5 aromatic rings. The molecule has 2 heterocycles. The fourth-order valence-corrected chi connectivity index (χ4v) is 5.80. The highest BCUT2D eigenvalue weighted by atomic mass is 35.5. The van der Waals surface area contributed by atoms with Gasteiger partial charge in [0.25, 0.3) is 11.8 Å². The van der Waals surface area contributed by atoms with E-state index < -0.39 is 36.1 Å². The Balaban J connectivity index is 0.000000228. The Kier molecular flexibility index (Phi) is 17.0. The monoisotopic (exact) mass is 826 g/mol. The van der Waals surface area contributed by atoms with Gasteiger partial charge in [-0.25, -0.2) is 9.69 Å². The summed E-state index contributed by atoms with van der Waals surface area (Å²) < 4.78 is 10.7. The number of hydrazine groups is 1. The summed E-state index contributed by atoms with van der Waals surface area (Å²) in [7, 11) is 0. The molecule has 4 atom stereocenters. The zero-order chi connectivity index (χ0) is 42.2. The van der Waals surface area contributed by atoms with Gasteiger partial charge in [0.05, 0.1) is 35.4 Å². The van der Waals surface area contributed by atoms with Crippen LogP contribution in [0.2, 0.25) is 10.0 Å². The first-order valence-corrected chi connectivity index (χ1v) is 19.0. The van der Waals surface area contributed by atoms with Gasteiger partial charge >= 0.3 is 0 Å². The van der Waals surface area contributed by atoms with Gasteiger partial charge in [-0.2, -0.15) is 0 Å². The Hall–Kier alpha value is -6.00. The van der Waals surface area contributed by atoms with Crippen molar-refractivity contribution in [2.75, 3.05) is 23.8 Å². The highest BCUT2D eigenvalue weighted by Crippen LogP contribution is 2.36. The van der Waals surface area contributed by atoms with Crippen molar-refractivity contribution in [3.63, 3.8) is 0 Å². The van der Waals surface area contributed by atoms with Crippen LogP contribution in [0.25, 0.3) is 21.1 Å². The molecule has 4 aromatic carbocycles. The number of nitrogens with one attached hydrogen (secondary N) is 4. The lowest BCUT2D eigenvalue weighted by molar-refractivity contribution is -0.124. The number of anilines is 2. The standard InChI is InChI=1S/C19H19ClN4O3.C19H17ClN4O2.C4H8O/c1-11-14(9-10-15(21-3)16(11)20)22-17(12(2)25)19(27)24-23-18(26)13-7-5-4-6-8-13;1-11-14(9-10-15(21-3)16(11)20)22-17(12(2)25)19-24-23-18(26-19)13-7-5-4-6-8-13;1-2-4-5-3-1/h4-10,12,17,22,25H,1-2H3,(H,23,26)(H,24,27);4-10,12,17,22,25H,1-2H3;1-4H2/t2*12-,17-;/m11./s1. The van der Waals surface area contributed by atoms with Crippen LogP contribution in [-0.4, -0.2) is 63.7 Å². The summed E-state index contributed by atoms with van der Waals surface area (Å²) in [4.78, 5) is 31.1. The second-order valence-corrected chi connectivity index (χ2v) is 13.8. The number of aliphatic hydroxyl groups excluding tert-OH is 2. The van der Waals surface area contributed by atoms with Crippen LogP contribution >= 0.6 is 23.2 Å². The van der Waals surface area contributed by atoms with E-state index in [2.05, 4.69) is 41.4 Å². The summed E-state index contributed by atoms with van der Waals surface area (Å²) in [5.74, 6) is -0.456. The normalized spacial score (nSPS) is 13.7. The number of amides is 2. The molecule has 1 aliphatic heterocycles. The molecule has 1 fully saturated rings. The van der Waals surface area contributed by atoms with Gasteiger partial charge in [-0.05, 0) is 88.1 Å². The lowest BCUT2D eigenvalue weighted by Gasteiger charge is -2.23. The maximum atomic E-state index is 12.4. The van der Waals surface area contributed by atoms with Crippen LogP contribution in [0.15, 0.2) is 89.3 Å². The van der Waals surface area contributed by atoms with Crippen molar-refractivity contribution in [3.8, 4) is 11.5 Å². The van der Waals surface area contributed by atoms with E-state index in [0.29, 0.717) is 50.4 Å². The molecule has 0 spiro atoms. The molecule has 6 N–H and O–H groups in total. The Bertz CT molecular complexity index is 2210. The molecule has 0 radical (unpaired) electrons. The summed E-state index contributed by atoms with van der Waals surface area (Å²) in [5.41, 5.74) is 8.96. The molecule has 0 aliphatic carbocycles. The van der Waals surface area contributed by atoms with Gasteiger partial charge in [0.2, 0.25) is 23.2 Å². The summed E-state index contributed by atoms with van der Waals surface area (Å²) in [6.07, 6.45) is 0.704. The smallest absolute Gasteiger partial charge is 0.269 e. The fourth-order valence-electron chi connectivity index (χ4n) is 5.38. The highest BCUT2D eigenvalue weighted by molar-refractivity contribution is 6.34. The van der Waals surface area contributed by atoms with Crippen molar-refractivity contribution in [1.29, 1.82) is 0 Å². The van der Waals surface area contributed by atoms with Crippen molar-refractivity contribution in [2.45, 2.75) is 64.8 Å². The number of benzene rings is 4. The first-order chi connectivity index (χ1) is 27.9. The van der Waals surface area contributed by atoms with Gasteiger partial charge in [-0.1, -0.05) is 71.7 Å². The Morgan fingerprint density at radius 1 is 0.741 bits per heavy atom. The third kappa shape index (κ3) is 12.2. The summed E-state index contributed by atoms with van der Waals surface area (Å²) in [5, 5.41) is 35.0. The third-order valence-corrected chi connectivity index (χ3v) is 9.69. The number of hydrogen-bond acceptors (Lipinski definition) is 10. The Morgan fingerprint density at radius 2 is 1.28 bits per heavy atom. The van der Waals surface area contributed by atoms with E-state index in [-0.39, 0.29) is 10.9 Å². The maximum Gasteiger partial charge on any atom is 0.269 e. The molecule has 16 heteroatoms. The van der Waals surface area contributed by atoms with E-state index in [4.69, 9.17) is 45.5 Å². The topological polar surface area (TPSA) is 180 Å². The second kappa shape index (κ2) is 22.1. The van der Waals surface area contributed by atoms with E-state index in [1.807, 2.05) is 37.3 Å². The lowest BCUT2D eigenvalue weighted by atomic mass is 10.1. The minimum Gasteiger partial charge on any atom is -0.418 e. The van der Waals surface area contributed by atoms with E-state index in [1.165, 1.54) is 25.8 Å². The second-order valence-electron chi connectivity index (χ2n) is 13.0. The molecular formula is C42H44Cl2N8O6. The maximum absolute atomic E-state index is 12.4. The first kappa shape index (κ1) is 44.7. The SMILES string of the molecule is C1CCOC1.[C-]#[N+]c1ccc(N[C@@H](C(=O)NNC(=O)c2ccccc2)[C@@H](C)O)c(C)c1Cl.[C-]#[N+]c1ccc(N[C@@H](c2nnc(-c3ccccc3)o2)[C@@H](C)O)c(C)c1Cl. The third-order valence-electron chi connectivity index (χ3n) is 8.73. The van der Waals surface area contributed by atoms with Gasteiger partial charge in [0.1, 0.15) is 12.1 Å². The van der Waals surface area contributed by atoms with Gasteiger partial charge in [-0.15, -0.1) is 10.2 Å². The molecule has 1 aromatic heterocycles. The average molecular weight is 828 g/mol. The average Bonchev–Trinajstić information content (AvgIpc) is 3.99. The van der Waals surface area contributed by atoms with Crippen LogP contribution in [0.5, 0.6) is 0 Å². The number of aliphatic hydroxyl groups is 2. The Morgan fingerprint density at radius 3 is 1.76 bits per heavy atom. The van der Waals surface area contributed by atoms with Crippen LogP contribution in [0, 0.1) is 27.0 Å². The number of hydrogen-bond donors (Lipinski definition) is 6. The van der Waals surface area contributed by atoms with E-state index in [9.17, 15) is 19.8 Å². The van der Waals surface area contributed by atoms with Crippen LogP contribution < -0.4 is 21.5 Å². The molecule has 1 saturated heterocycles. The number of nitrogens with zero attached hydrogens (tertiary/aromatic N) is 4. The van der Waals surface area contributed by atoms with E-state index >= 15 is 0 Å². The zero-order valence-electron chi connectivity index (χ0n) is 32.3. The quantitative estimate of drug-likeness (QED) is 0.0592. The molecule has 58 heavy (non-hydrogen) atoms. The van der Waals surface area contributed by atoms with Crippen LogP contribution in [-0.2, 0) is 9.53 Å². The van der Waals surface area contributed by atoms with E-state index in [1.54, 1.807) is 62.4 Å². The zero-order valence-corrected chi connectivity index (χ0v) is 33.8. The fraction of sp³-hybridized carbons (Fsp3) is 0.286. The largest absolute Gasteiger partial charge is 0.418 e. The molecule has 0 unspecified atom stereocenters. The Labute approximate surface area is 347 Å². The molecule has 1 aliphatic rings. The molecular weight excluding hydrogens is 783 g/mol. The number of carbonyl (C=O) groups excluding carboxylic acids is 2. The van der Waals surface area contributed by atoms with Crippen LogP contribution in [0.4, 0.5) is 22.7 Å². The number of ether oxygens (including phenoxy) is 1. The predicted molar refractivity (Wildman–Crippen MR) is 224 cm³/mol. The lowest BCUT2D eigenvalue weighted by Crippen LogP contribution is -2.52. The van der Waals surface area contributed by atoms with Crippen molar-refractivity contribution < 1.29 is 29.0 Å².